The van der Waals surface area contributed by atoms with Crippen LogP contribution in [-0.2, 0) is 6.42 Å². The van der Waals surface area contributed by atoms with Crippen molar-refractivity contribution in [2.45, 2.75) is 55.4 Å². The van der Waals surface area contributed by atoms with Crippen LogP contribution in [0.3, 0.4) is 0 Å². The van der Waals surface area contributed by atoms with E-state index < -0.39 is 0 Å². The molecule has 0 bridgehead atoms. The molecule has 0 aliphatic carbocycles. The molecule has 0 spiro atoms. The summed E-state index contributed by atoms with van der Waals surface area (Å²) in [6, 6.07) is 29.7. The smallest absolute Gasteiger partial charge is 0.165 e. The van der Waals surface area contributed by atoms with Crippen LogP contribution >= 0.6 is 0 Å². The van der Waals surface area contributed by atoms with Crippen molar-refractivity contribution < 1.29 is 10.0 Å². The molecule has 1 N–H and O–H groups in total. The van der Waals surface area contributed by atoms with Crippen molar-refractivity contribution in [3.8, 4) is 0 Å². The van der Waals surface area contributed by atoms with Crippen molar-refractivity contribution in [2.24, 2.45) is 22.9 Å². The monoisotopic (exact) mass is 461 g/mol. The number of rotatable bonds is 6. The minimum atomic E-state index is 0. The van der Waals surface area contributed by atoms with E-state index in [9.17, 15) is 4.79 Å². The third-order valence-electron chi connectivity index (χ3n) is 4.79. The van der Waals surface area contributed by atoms with Gasteiger partial charge in [-0.3, -0.25) is 4.79 Å². The van der Waals surface area contributed by atoms with Gasteiger partial charge < -0.3 is 5.21 Å². The number of hydrogen-bond donors (Lipinski definition) is 1. The highest BCUT2D eigenvalue weighted by molar-refractivity contribution is 6.01. The molecule has 3 aromatic carbocycles. The van der Waals surface area contributed by atoms with Gasteiger partial charge in [-0.15, -0.1) is 0 Å². The molecular formula is C31H43NO2. The third kappa shape index (κ3) is 12.2. The third-order valence-corrected chi connectivity index (χ3v) is 4.79. The van der Waals surface area contributed by atoms with Crippen LogP contribution in [-0.4, -0.2) is 16.7 Å². The van der Waals surface area contributed by atoms with E-state index in [1.54, 1.807) is 0 Å². The van der Waals surface area contributed by atoms with Crippen molar-refractivity contribution in [1.82, 2.24) is 0 Å². The predicted octanol–water partition coefficient (Wildman–Crippen LogP) is 8.57. The Morgan fingerprint density at radius 3 is 1.44 bits per heavy atom. The van der Waals surface area contributed by atoms with Crippen molar-refractivity contribution in [3.63, 3.8) is 0 Å². The van der Waals surface area contributed by atoms with Crippen LogP contribution in [0.15, 0.2) is 96.2 Å². The first-order valence-corrected chi connectivity index (χ1v) is 11.7. The molecule has 34 heavy (non-hydrogen) atoms. The fraction of sp³-hybridized carbons (Fsp3) is 0.355. The second-order valence-corrected chi connectivity index (χ2v) is 8.97. The highest BCUT2D eigenvalue weighted by Gasteiger charge is 2.08. The maximum Gasteiger partial charge on any atom is 0.165 e. The zero-order valence-corrected chi connectivity index (χ0v) is 20.9. The molecule has 0 aliphatic rings. The molecule has 0 atom stereocenters. The van der Waals surface area contributed by atoms with Gasteiger partial charge in [0, 0.05) is 11.5 Å². The van der Waals surface area contributed by atoms with E-state index in [0.29, 0.717) is 0 Å². The van der Waals surface area contributed by atoms with E-state index in [1.807, 2.05) is 88.4 Å². The van der Waals surface area contributed by atoms with Gasteiger partial charge in [-0.2, -0.15) is 0 Å². The second-order valence-electron chi connectivity index (χ2n) is 8.97. The Bertz CT molecular complexity index is 931. The summed E-state index contributed by atoms with van der Waals surface area (Å²) in [5.74, 6) is 1.32. The van der Waals surface area contributed by atoms with Crippen molar-refractivity contribution in [1.29, 1.82) is 0 Å². The summed E-state index contributed by atoms with van der Waals surface area (Å²) in [5, 5.41) is 12.0. The molecule has 0 aromatic heterocycles. The lowest BCUT2D eigenvalue weighted by atomic mass is 10.0. The summed E-state index contributed by atoms with van der Waals surface area (Å²) in [6.45, 7) is 12.3. The molecular weight excluding hydrogens is 418 g/mol. The maximum atomic E-state index is 11.3. The lowest BCUT2D eigenvalue weighted by Gasteiger charge is -2.06. The van der Waals surface area contributed by atoms with Gasteiger partial charge in [0.2, 0.25) is 0 Å². The van der Waals surface area contributed by atoms with E-state index in [0.717, 1.165) is 22.8 Å². The van der Waals surface area contributed by atoms with Crippen molar-refractivity contribution in [3.05, 3.63) is 108 Å². The van der Waals surface area contributed by atoms with Crippen LogP contribution in [0.4, 0.5) is 0 Å². The zero-order valence-electron chi connectivity index (χ0n) is 20.9. The average molecular weight is 462 g/mol. The van der Waals surface area contributed by atoms with E-state index in [2.05, 4.69) is 49.3 Å². The summed E-state index contributed by atoms with van der Waals surface area (Å²) >= 11 is 0. The van der Waals surface area contributed by atoms with Gasteiger partial charge in [0.15, 0.2) is 5.78 Å². The Hall–Kier alpha value is -3.20. The summed E-state index contributed by atoms with van der Waals surface area (Å²) in [5.41, 5.74) is 3.96. The molecule has 3 heteroatoms. The van der Waals surface area contributed by atoms with E-state index in [4.69, 9.17) is 5.21 Å². The Balaban J connectivity index is 0.000000475. The number of carbonyl (C=O) groups is 1. The number of hydrogen-bond acceptors (Lipinski definition) is 3. The Labute approximate surface area is 207 Å². The highest BCUT2D eigenvalue weighted by Crippen LogP contribution is 2.09. The SMILES string of the molecule is C.CC(C)/C(=N\O)c1ccccc1.CC(C)C(=O)c1ccccc1.CC(C)Cc1ccccc1. The van der Waals surface area contributed by atoms with Gasteiger partial charge in [0.25, 0.3) is 0 Å². The average Bonchev–Trinajstić information content (AvgIpc) is 2.81. The van der Waals surface area contributed by atoms with Crippen LogP contribution in [0.25, 0.3) is 0 Å². The topological polar surface area (TPSA) is 49.7 Å². The first-order valence-electron chi connectivity index (χ1n) is 11.7. The number of Topliss-reactive ketones (excluding diaryl/α,β-unsaturated/α-hetero) is 1. The minimum absolute atomic E-state index is 0. The Kier molecular flexibility index (Phi) is 15.7. The van der Waals surface area contributed by atoms with Gasteiger partial charge in [-0.1, -0.05) is 145 Å². The highest BCUT2D eigenvalue weighted by atomic mass is 16.4. The molecule has 0 heterocycles. The number of oxime groups is 1. The van der Waals surface area contributed by atoms with Crippen LogP contribution < -0.4 is 0 Å². The number of carbonyl (C=O) groups excluding carboxylic acids is 1. The van der Waals surface area contributed by atoms with Gasteiger partial charge >= 0.3 is 0 Å². The molecule has 0 radical (unpaired) electrons. The lowest BCUT2D eigenvalue weighted by Crippen LogP contribution is -2.08. The quantitative estimate of drug-likeness (QED) is 0.173. The predicted molar refractivity (Wildman–Crippen MR) is 147 cm³/mol. The van der Waals surface area contributed by atoms with Gasteiger partial charge in [0.05, 0.1) is 5.71 Å². The summed E-state index contributed by atoms with van der Waals surface area (Å²) < 4.78 is 0. The van der Waals surface area contributed by atoms with Crippen LogP contribution in [0, 0.1) is 17.8 Å². The summed E-state index contributed by atoms with van der Waals surface area (Å²) in [6.07, 6.45) is 1.20. The molecule has 3 aromatic rings. The number of benzene rings is 3. The normalized spacial score (nSPS) is 10.6. The van der Waals surface area contributed by atoms with E-state index in [-0.39, 0.29) is 25.0 Å². The summed E-state index contributed by atoms with van der Waals surface area (Å²) in [4.78, 5) is 11.3. The van der Waals surface area contributed by atoms with Crippen molar-refractivity contribution in [2.75, 3.05) is 0 Å². The first kappa shape index (κ1) is 30.8. The van der Waals surface area contributed by atoms with Crippen LogP contribution in [0.2, 0.25) is 0 Å². The first-order chi connectivity index (χ1) is 15.8. The number of ketones is 1. The molecule has 0 fully saturated rings. The maximum absolute atomic E-state index is 11.3. The van der Waals surface area contributed by atoms with Crippen molar-refractivity contribution >= 4 is 11.5 Å². The molecule has 0 amide bonds. The molecule has 0 aliphatic heterocycles. The standard InChI is InChI=1S/C10H13NO.C10H12O.C10H14.CH4/c1-8(2)10(11-12)9-6-4-3-5-7-9;1-8(2)10(11)9-6-4-3-5-7-9;1-9(2)8-10-6-4-3-5-7-10;/h3-8,12H,1-2H3;3-8H,1-2H3;3-7,9H,8H2,1-2H3;1H4/b11-10+;;;. The summed E-state index contributed by atoms with van der Waals surface area (Å²) in [7, 11) is 0. The molecule has 184 valence electrons. The minimum Gasteiger partial charge on any atom is -0.411 e. The zero-order chi connectivity index (χ0) is 24.6. The fourth-order valence-corrected chi connectivity index (χ4v) is 3.14. The Morgan fingerprint density at radius 1 is 0.676 bits per heavy atom. The largest absolute Gasteiger partial charge is 0.411 e. The van der Waals surface area contributed by atoms with Gasteiger partial charge in [-0.25, -0.2) is 0 Å². The number of nitrogens with zero attached hydrogens (tertiary/aromatic N) is 1. The second kappa shape index (κ2) is 17.3. The molecule has 0 unspecified atom stereocenters. The molecule has 3 nitrogen and oxygen atoms in total. The van der Waals surface area contributed by atoms with Crippen LogP contribution in [0.1, 0.15) is 70.5 Å². The van der Waals surface area contributed by atoms with E-state index in [1.165, 1.54) is 12.0 Å². The Morgan fingerprint density at radius 2 is 1.09 bits per heavy atom. The molecule has 3 rings (SSSR count). The van der Waals surface area contributed by atoms with Gasteiger partial charge in [0.1, 0.15) is 0 Å². The fourth-order valence-electron chi connectivity index (χ4n) is 3.14. The van der Waals surface area contributed by atoms with Gasteiger partial charge in [-0.05, 0) is 29.4 Å². The van der Waals surface area contributed by atoms with E-state index >= 15 is 0 Å². The molecule has 0 saturated heterocycles. The lowest BCUT2D eigenvalue weighted by molar-refractivity contribution is 0.0939. The molecule has 0 saturated carbocycles. The van der Waals surface area contributed by atoms with Crippen LogP contribution in [0.5, 0.6) is 0 Å².